The Morgan fingerprint density at radius 3 is 2.61 bits per heavy atom. The Labute approximate surface area is 198 Å². The Morgan fingerprint density at radius 2 is 1.91 bits per heavy atom. The molecule has 0 amide bonds. The molecule has 0 radical (unpaired) electrons. The van der Waals surface area contributed by atoms with Gasteiger partial charge in [-0.1, -0.05) is 18.2 Å². The lowest BCUT2D eigenvalue weighted by Gasteiger charge is -2.27. The molecule has 1 aliphatic heterocycles. The molecule has 0 bridgehead atoms. The van der Waals surface area contributed by atoms with Crippen LogP contribution in [-0.4, -0.2) is 11.7 Å². The molecule has 0 fully saturated rings. The molecule has 0 aromatic heterocycles. The number of nitrogens with two attached hydrogens (primary N) is 1. The first-order chi connectivity index (χ1) is 15.9. The third-order valence-electron chi connectivity index (χ3n) is 5.16. The number of rotatable bonds is 6. The van der Waals surface area contributed by atoms with Gasteiger partial charge >= 0.3 is 0 Å². The van der Waals surface area contributed by atoms with E-state index in [-0.39, 0.29) is 29.6 Å². The van der Waals surface area contributed by atoms with E-state index in [1.165, 1.54) is 24.3 Å². The van der Waals surface area contributed by atoms with Crippen LogP contribution in [0, 0.1) is 17.1 Å². The fourth-order valence-electron chi connectivity index (χ4n) is 3.68. The maximum absolute atomic E-state index is 13.2. The molecule has 0 unspecified atom stereocenters. The predicted molar refractivity (Wildman–Crippen MR) is 123 cm³/mol. The Bertz CT molecular complexity index is 1270. The fourth-order valence-corrected chi connectivity index (χ4v) is 4.25. The first-order valence-corrected chi connectivity index (χ1v) is 10.9. The van der Waals surface area contributed by atoms with E-state index >= 15 is 0 Å². The number of aromatic hydroxyl groups is 1. The third kappa shape index (κ3) is 4.59. The summed E-state index contributed by atoms with van der Waals surface area (Å²) in [6.45, 7) is 2.47. The second-order valence-corrected chi connectivity index (χ2v) is 8.18. The number of nitrogens with zero attached hydrogens (tertiary/aromatic N) is 1. The van der Waals surface area contributed by atoms with Crippen molar-refractivity contribution in [2.75, 3.05) is 6.61 Å². The van der Waals surface area contributed by atoms with Crippen LogP contribution >= 0.6 is 15.9 Å². The smallest absolute Gasteiger partial charge is 0.205 e. The van der Waals surface area contributed by atoms with Crippen molar-refractivity contribution in [2.45, 2.75) is 19.4 Å². The molecule has 3 aromatic carbocycles. The number of benzene rings is 3. The third-order valence-corrected chi connectivity index (χ3v) is 5.75. The molecule has 33 heavy (non-hydrogen) atoms. The summed E-state index contributed by atoms with van der Waals surface area (Å²) in [6.07, 6.45) is 0. The Kier molecular flexibility index (Phi) is 6.43. The average molecular weight is 511 g/mol. The van der Waals surface area contributed by atoms with Crippen LogP contribution in [-0.2, 0) is 6.61 Å². The van der Waals surface area contributed by atoms with Crippen molar-refractivity contribution < 1.29 is 23.7 Å². The zero-order valence-corrected chi connectivity index (χ0v) is 19.2. The number of phenols is 1. The highest BCUT2D eigenvalue weighted by Crippen LogP contribution is 2.47. The van der Waals surface area contributed by atoms with Crippen LogP contribution in [0.1, 0.15) is 29.5 Å². The van der Waals surface area contributed by atoms with Crippen molar-refractivity contribution in [3.63, 3.8) is 0 Å². The normalized spacial score (nSPS) is 14.8. The molecule has 0 spiro atoms. The van der Waals surface area contributed by atoms with E-state index < -0.39 is 5.92 Å². The molecule has 1 atom stereocenters. The van der Waals surface area contributed by atoms with Gasteiger partial charge in [-0.2, -0.15) is 5.26 Å². The summed E-state index contributed by atoms with van der Waals surface area (Å²) >= 11 is 3.56. The van der Waals surface area contributed by atoms with Gasteiger partial charge < -0.3 is 25.1 Å². The van der Waals surface area contributed by atoms with Crippen molar-refractivity contribution in [1.29, 1.82) is 5.26 Å². The van der Waals surface area contributed by atoms with Crippen LogP contribution < -0.4 is 19.9 Å². The molecular weight excluding hydrogens is 491 g/mol. The molecule has 1 heterocycles. The van der Waals surface area contributed by atoms with Crippen molar-refractivity contribution >= 4 is 15.9 Å². The summed E-state index contributed by atoms with van der Waals surface area (Å²) in [4.78, 5) is 0. The zero-order chi connectivity index (χ0) is 23.5. The van der Waals surface area contributed by atoms with E-state index in [2.05, 4.69) is 22.0 Å². The summed E-state index contributed by atoms with van der Waals surface area (Å²) in [6, 6.07) is 16.5. The summed E-state index contributed by atoms with van der Waals surface area (Å²) < 4.78 is 31.2. The molecule has 0 aliphatic carbocycles. The first kappa shape index (κ1) is 22.5. The maximum Gasteiger partial charge on any atom is 0.205 e. The van der Waals surface area contributed by atoms with Crippen LogP contribution in [0.2, 0.25) is 0 Å². The highest BCUT2D eigenvalue weighted by Gasteiger charge is 2.32. The standard InChI is InChI=1S/C25H20BrFN2O4/c1-2-31-22-10-15(9-20(26)24(22)32-13-14-3-5-16(27)6-4-14)23-18-8-7-17(30)11-21(18)33-25(29)19(23)12-28/h3-11,23,30H,2,13,29H2,1H3/t23-/m1/s1. The zero-order valence-electron chi connectivity index (χ0n) is 17.6. The van der Waals surface area contributed by atoms with Gasteiger partial charge in [-0.15, -0.1) is 0 Å². The van der Waals surface area contributed by atoms with Crippen LogP contribution in [0.15, 0.2) is 70.5 Å². The molecule has 8 heteroatoms. The number of phenolic OH excluding ortho intramolecular Hbond substituents is 1. The van der Waals surface area contributed by atoms with Gasteiger partial charge in [0.05, 0.1) is 17.0 Å². The fraction of sp³-hybridized carbons (Fsp3) is 0.160. The van der Waals surface area contributed by atoms with Crippen LogP contribution in [0.5, 0.6) is 23.0 Å². The van der Waals surface area contributed by atoms with E-state index in [1.54, 1.807) is 24.3 Å². The number of nitriles is 1. The topological polar surface area (TPSA) is 97.7 Å². The van der Waals surface area contributed by atoms with Crippen molar-refractivity contribution in [1.82, 2.24) is 0 Å². The largest absolute Gasteiger partial charge is 0.508 e. The van der Waals surface area contributed by atoms with Crippen LogP contribution in [0.25, 0.3) is 0 Å². The molecule has 0 saturated heterocycles. The van der Waals surface area contributed by atoms with Crippen molar-refractivity contribution in [2.24, 2.45) is 5.73 Å². The van der Waals surface area contributed by atoms with Gasteiger partial charge in [0.1, 0.15) is 35.6 Å². The minimum Gasteiger partial charge on any atom is -0.508 e. The van der Waals surface area contributed by atoms with E-state index in [4.69, 9.17) is 19.9 Å². The molecule has 3 N–H and O–H groups in total. The lowest BCUT2D eigenvalue weighted by molar-refractivity contribution is 0.267. The number of hydrogen-bond acceptors (Lipinski definition) is 6. The summed E-state index contributed by atoms with van der Waals surface area (Å²) in [5.74, 6) is 0.506. The molecular formula is C25H20BrFN2O4. The number of ether oxygens (including phenoxy) is 3. The van der Waals surface area contributed by atoms with Crippen LogP contribution in [0.3, 0.4) is 0 Å². The Hall–Kier alpha value is -3.70. The van der Waals surface area contributed by atoms with E-state index in [1.807, 2.05) is 13.0 Å². The van der Waals surface area contributed by atoms with Crippen molar-refractivity contribution in [3.05, 3.63) is 93.0 Å². The number of allylic oxidation sites excluding steroid dienone is 1. The van der Waals surface area contributed by atoms with Gasteiger partial charge in [0.25, 0.3) is 0 Å². The quantitative estimate of drug-likeness (QED) is 0.454. The second-order valence-electron chi connectivity index (χ2n) is 7.33. The molecule has 0 saturated carbocycles. The van der Waals surface area contributed by atoms with E-state index in [0.717, 1.165) is 11.1 Å². The van der Waals surface area contributed by atoms with E-state index in [9.17, 15) is 14.8 Å². The van der Waals surface area contributed by atoms with Gasteiger partial charge in [0.15, 0.2) is 11.5 Å². The summed E-state index contributed by atoms with van der Waals surface area (Å²) in [5.41, 5.74) is 8.50. The molecule has 1 aliphatic rings. The molecule has 3 aromatic rings. The molecule has 4 rings (SSSR count). The highest BCUT2D eigenvalue weighted by atomic mass is 79.9. The Balaban J connectivity index is 1.75. The second kappa shape index (κ2) is 9.43. The minimum absolute atomic E-state index is 0.0219. The van der Waals surface area contributed by atoms with Crippen LogP contribution in [0.4, 0.5) is 4.39 Å². The monoisotopic (exact) mass is 510 g/mol. The lowest BCUT2D eigenvalue weighted by Crippen LogP contribution is -2.21. The number of fused-ring (bicyclic) bond motifs is 1. The van der Waals surface area contributed by atoms with Crippen molar-refractivity contribution in [3.8, 4) is 29.1 Å². The number of hydrogen-bond donors (Lipinski definition) is 2. The first-order valence-electron chi connectivity index (χ1n) is 10.1. The molecule has 168 valence electrons. The highest BCUT2D eigenvalue weighted by molar-refractivity contribution is 9.10. The van der Waals surface area contributed by atoms with Gasteiger partial charge in [-0.05, 0) is 64.3 Å². The lowest BCUT2D eigenvalue weighted by atomic mass is 9.83. The van der Waals surface area contributed by atoms with Gasteiger partial charge in [-0.25, -0.2) is 4.39 Å². The molecule has 6 nitrogen and oxygen atoms in total. The van der Waals surface area contributed by atoms with E-state index in [0.29, 0.717) is 33.9 Å². The van der Waals surface area contributed by atoms with Gasteiger partial charge in [-0.3, -0.25) is 0 Å². The number of halogens is 2. The van der Waals surface area contributed by atoms with Gasteiger partial charge in [0.2, 0.25) is 5.88 Å². The average Bonchev–Trinajstić information content (AvgIpc) is 2.78. The SMILES string of the molecule is CCOc1cc([C@H]2C(C#N)=C(N)Oc3cc(O)ccc32)cc(Br)c1OCc1ccc(F)cc1. The predicted octanol–water partition coefficient (Wildman–Crippen LogP) is 5.49. The van der Waals surface area contributed by atoms with Gasteiger partial charge in [0, 0.05) is 11.6 Å². The summed E-state index contributed by atoms with van der Waals surface area (Å²) in [7, 11) is 0. The summed E-state index contributed by atoms with van der Waals surface area (Å²) in [5, 5.41) is 19.6. The Morgan fingerprint density at radius 1 is 1.15 bits per heavy atom. The minimum atomic E-state index is -0.527. The maximum atomic E-state index is 13.2.